The van der Waals surface area contributed by atoms with Crippen molar-refractivity contribution < 1.29 is 0 Å². The van der Waals surface area contributed by atoms with Gasteiger partial charge < -0.3 is 10.2 Å². The molecule has 2 rings (SSSR count). The molecule has 0 aromatic carbocycles. The van der Waals surface area contributed by atoms with E-state index in [9.17, 15) is 0 Å². The highest BCUT2D eigenvalue weighted by molar-refractivity contribution is 5.36. The van der Waals surface area contributed by atoms with Crippen LogP contribution in [-0.2, 0) is 6.54 Å². The standard InChI is InChI=1S/C8H15N5/c1-2-13-8(7-10-11-13)12-5-3-9-4-6-12/h7,9H,2-6H2,1H3. The third kappa shape index (κ3) is 1.65. The summed E-state index contributed by atoms with van der Waals surface area (Å²) >= 11 is 0. The molecule has 1 N–H and O–H groups in total. The van der Waals surface area contributed by atoms with E-state index in [1.807, 2.05) is 10.9 Å². The van der Waals surface area contributed by atoms with Crippen molar-refractivity contribution >= 4 is 5.82 Å². The van der Waals surface area contributed by atoms with Gasteiger partial charge in [-0.15, -0.1) is 5.10 Å². The Balaban J connectivity index is 2.13. The molecule has 1 fully saturated rings. The van der Waals surface area contributed by atoms with E-state index in [4.69, 9.17) is 0 Å². The minimum absolute atomic E-state index is 0.888. The quantitative estimate of drug-likeness (QED) is 0.681. The normalized spacial score (nSPS) is 17.8. The van der Waals surface area contributed by atoms with E-state index in [1.165, 1.54) is 0 Å². The number of nitrogens with one attached hydrogen (secondary N) is 1. The Morgan fingerprint density at radius 2 is 2.23 bits per heavy atom. The summed E-state index contributed by atoms with van der Waals surface area (Å²) in [6.07, 6.45) is 1.84. The first kappa shape index (κ1) is 8.50. The third-order valence-electron chi connectivity index (χ3n) is 2.34. The number of nitrogens with zero attached hydrogens (tertiary/aromatic N) is 4. The van der Waals surface area contributed by atoms with E-state index < -0.39 is 0 Å². The maximum absolute atomic E-state index is 4.01. The van der Waals surface area contributed by atoms with Crippen molar-refractivity contribution in [3.05, 3.63) is 6.20 Å². The molecule has 0 aliphatic carbocycles. The molecule has 0 spiro atoms. The SMILES string of the molecule is CCn1nncc1N1CCNCC1. The summed E-state index contributed by atoms with van der Waals surface area (Å²) < 4.78 is 1.94. The van der Waals surface area contributed by atoms with Gasteiger partial charge in [0.2, 0.25) is 0 Å². The summed E-state index contributed by atoms with van der Waals surface area (Å²) in [7, 11) is 0. The lowest BCUT2D eigenvalue weighted by Gasteiger charge is -2.28. The summed E-state index contributed by atoms with van der Waals surface area (Å²) in [5.74, 6) is 1.14. The van der Waals surface area contributed by atoms with Gasteiger partial charge in [0, 0.05) is 32.7 Å². The molecule has 1 aromatic rings. The first-order chi connectivity index (χ1) is 6.42. The van der Waals surface area contributed by atoms with E-state index in [0.717, 1.165) is 38.5 Å². The van der Waals surface area contributed by atoms with Gasteiger partial charge in [-0.05, 0) is 6.92 Å². The zero-order valence-corrected chi connectivity index (χ0v) is 7.90. The summed E-state index contributed by atoms with van der Waals surface area (Å²) in [5.41, 5.74) is 0. The number of hydrogen-bond acceptors (Lipinski definition) is 4. The molecule has 0 radical (unpaired) electrons. The fourth-order valence-corrected chi connectivity index (χ4v) is 1.62. The second-order valence-corrected chi connectivity index (χ2v) is 3.15. The Kier molecular flexibility index (Phi) is 2.44. The molecule has 0 saturated carbocycles. The van der Waals surface area contributed by atoms with Gasteiger partial charge in [-0.1, -0.05) is 5.21 Å². The topological polar surface area (TPSA) is 46.0 Å². The van der Waals surface area contributed by atoms with Gasteiger partial charge in [0.1, 0.15) is 5.82 Å². The molecule has 0 unspecified atom stereocenters. The van der Waals surface area contributed by atoms with Gasteiger partial charge in [0.25, 0.3) is 0 Å². The Bertz CT molecular complexity index is 263. The van der Waals surface area contributed by atoms with Gasteiger partial charge >= 0.3 is 0 Å². The molecule has 0 bridgehead atoms. The maximum atomic E-state index is 4.01. The number of hydrogen-bond donors (Lipinski definition) is 1. The summed E-state index contributed by atoms with van der Waals surface area (Å²) in [6.45, 7) is 7.17. The van der Waals surface area contributed by atoms with Crippen molar-refractivity contribution in [1.29, 1.82) is 0 Å². The number of aryl methyl sites for hydroxylation is 1. The van der Waals surface area contributed by atoms with Crippen LogP contribution >= 0.6 is 0 Å². The van der Waals surface area contributed by atoms with Crippen LogP contribution in [0.2, 0.25) is 0 Å². The van der Waals surface area contributed by atoms with Gasteiger partial charge in [-0.25, -0.2) is 4.68 Å². The third-order valence-corrected chi connectivity index (χ3v) is 2.34. The minimum atomic E-state index is 0.888. The van der Waals surface area contributed by atoms with Crippen molar-refractivity contribution in [3.63, 3.8) is 0 Å². The zero-order valence-electron chi connectivity index (χ0n) is 7.90. The predicted octanol–water partition coefficient (Wildman–Crippen LogP) is -0.292. The fourth-order valence-electron chi connectivity index (χ4n) is 1.62. The molecule has 0 atom stereocenters. The summed E-state index contributed by atoms with van der Waals surface area (Å²) in [5, 5.41) is 11.3. The lowest BCUT2D eigenvalue weighted by atomic mass is 10.4. The lowest BCUT2D eigenvalue weighted by molar-refractivity contribution is 0.555. The first-order valence-corrected chi connectivity index (χ1v) is 4.76. The van der Waals surface area contributed by atoms with Crippen LogP contribution in [0, 0.1) is 0 Å². The maximum Gasteiger partial charge on any atom is 0.147 e. The van der Waals surface area contributed by atoms with Crippen molar-refractivity contribution in [1.82, 2.24) is 20.3 Å². The summed E-state index contributed by atoms with van der Waals surface area (Å²) in [4.78, 5) is 2.32. The van der Waals surface area contributed by atoms with Crippen LogP contribution in [0.4, 0.5) is 5.82 Å². The highest BCUT2D eigenvalue weighted by Gasteiger charge is 2.14. The van der Waals surface area contributed by atoms with E-state index >= 15 is 0 Å². The monoisotopic (exact) mass is 181 g/mol. The highest BCUT2D eigenvalue weighted by Crippen LogP contribution is 2.11. The number of piperazine rings is 1. The minimum Gasteiger partial charge on any atom is -0.353 e. The molecule has 72 valence electrons. The van der Waals surface area contributed by atoms with Crippen LogP contribution in [0.5, 0.6) is 0 Å². The number of aromatic nitrogens is 3. The van der Waals surface area contributed by atoms with Gasteiger partial charge in [0.05, 0.1) is 6.20 Å². The van der Waals surface area contributed by atoms with Crippen molar-refractivity contribution in [3.8, 4) is 0 Å². The Morgan fingerprint density at radius 1 is 1.46 bits per heavy atom. The number of anilines is 1. The zero-order chi connectivity index (χ0) is 9.10. The van der Waals surface area contributed by atoms with E-state index in [-0.39, 0.29) is 0 Å². The number of rotatable bonds is 2. The van der Waals surface area contributed by atoms with Crippen LogP contribution in [0.3, 0.4) is 0 Å². The fraction of sp³-hybridized carbons (Fsp3) is 0.750. The molecular formula is C8H15N5. The molecule has 1 aliphatic heterocycles. The van der Waals surface area contributed by atoms with Crippen LogP contribution in [-0.4, -0.2) is 41.2 Å². The van der Waals surface area contributed by atoms with E-state index in [0.29, 0.717) is 0 Å². The Morgan fingerprint density at radius 3 is 2.92 bits per heavy atom. The second-order valence-electron chi connectivity index (χ2n) is 3.15. The van der Waals surface area contributed by atoms with Crippen LogP contribution in [0.1, 0.15) is 6.92 Å². The smallest absolute Gasteiger partial charge is 0.147 e. The van der Waals surface area contributed by atoms with Crippen LogP contribution in [0.25, 0.3) is 0 Å². The lowest BCUT2D eigenvalue weighted by Crippen LogP contribution is -2.44. The average molecular weight is 181 g/mol. The molecule has 0 amide bonds. The van der Waals surface area contributed by atoms with Gasteiger partial charge in [-0.3, -0.25) is 0 Å². The average Bonchev–Trinajstić information content (AvgIpc) is 2.67. The molecule has 1 aliphatic rings. The largest absolute Gasteiger partial charge is 0.353 e. The Labute approximate surface area is 77.7 Å². The van der Waals surface area contributed by atoms with Gasteiger partial charge in [-0.2, -0.15) is 0 Å². The van der Waals surface area contributed by atoms with Gasteiger partial charge in [0.15, 0.2) is 0 Å². The van der Waals surface area contributed by atoms with E-state index in [1.54, 1.807) is 0 Å². The van der Waals surface area contributed by atoms with Crippen LogP contribution < -0.4 is 10.2 Å². The first-order valence-electron chi connectivity index (χ1n) is 4.76. The predicted molar refractivity (Wildman–Crippen MR) is 50.8 cm³/mol. The highest BCUT2D eigenvalue weighted by atomic mass is 15.5. The molecular weight excluding hydrogens is 166 g/mol. The van der Waals surface area contributed by atoms with Crippen molar-refractivity contribution in [2.45, 2.75) is 13.5 Å². The molecule has 1 saturated heterocycles. The second kappa shape index (κ2) is 3.74. The molecule has 13 heavy (non-hydrogen) atoms. The molecule has 1 aromatic heterocycles. The van der Waals surface area contributed by atoms with Crippen LogP contribution in [0.15, 0.2) is 6.20 Å². The molecule has 5 heteroatoms. The van der Waals surface area contributed by atoms with Crippen molar-refractivity contribution in [2.24, 2.45) is 0 Å². The van der Waals surface area contributed by atoms with E-state index in [2.05, 4.69) is 27.5 Å². The Hall–Kier alpha value is -1.10. The van der Waals surface area contributed by atoms with Crippen molar-refractivity contribution in [2.75, 3.05) is 31.1 Å². The molecule has 5 nitrogen and oxygen atoms in total. The summed E-state index contributed by atoms with van der Waals surface area (Å²) in [6, 6.07) is 0. The molecule has 2 heterocycles.